The summed E-state index contributed by atoms with van der Waals surface area (Å²) in [6, 6.07) is 17.7. The van der Waals surface area contributed by atoms with Gasteiger partial charge in [-0.15, -0.1) is 11.3 Å². The summed E-state index contributed by atoms with van der Waals surface area (Å²) in [5.41, 5.74) is 2.60. The van der Waals surface area contributed by atoms with Crippen LogP contribution in [0.4, 0.5) is 0 Å². The molecule has 0 bridgehead atoms. The number of ether oxygens (including phenoxy) is 2. The maximum atomic E-state index is 13.2. The van der Waals surface area contributed by atoms with Crippen molar-refractivity contribution >= 4 is 21.6 Å². The van der Waals surface area contributed by atoms with Gasteiger partial charge in [0.1, 0.15) is 16.4 Å². The van der Waals surface area contributed by atoms with E-state index in [1.807, 2.05) is 73.8 Å². The van der Waals surface area contributed by atoms with Crippen molar-refractivity contribution in [2.24, 2.45) is 0 Å². The summed E-state index contributed by atoms with van der Waals surface area (Å²) in [6.07, 6.45) is -0.612. The van der Waals surface area contributed by atoms with Crippen LogP contribution in [0, 0.1) is 0 Å². The van der Waals surface area contributed by atoms with Gasteiger partial charge in [0.05, 0.1) is 37.9 Å². The molecule has 0 unspecified atom stereocenters. The number of nitrogens with one attached hydrogen (secondary N) is 1. The second-order valence-electron chi connectivity index (χ2n) is 8.73. The van der Waals surface area contributed by atoms with Crippen LogP contribution in [0.1, 0.15) is 25.2 Å². The second kappa shape index (κ2) is 11.6. The summed E-state index contributed by atoms with van der Waals surface area (Å²) in [4.78, 5) is 23.7. The van der Waals surface area contributed by atoms with Gasteiger partial charge in [-0.1, -0.05) is 48.5 Å². The summed E-state index contributed by atoms with van der Waals surface area (Å²) in [5, 5.41) is 13.1. The smallest absolute Gasteiger partial charge is 0.260 e. The molecule has 0 aliphatic rings. The minimum Gasteiger partial charge on any atom is -0.496 e. The normalized spacial score (nSPS) is 12.5. The van der Waals surface area contributed by atoms with E-state index in [0.29, 0.717) is 41.4 Å². The van der Waals surface area contributed by atoms with Gasteiger partial charge in [0.25, 0.3) is 5.56 Å². The van der Waals surface area contributed by atoms with Crippen molar-refractivity contribution in [3.05, 3.63) is 81.7 Å². The molecular weight excluding hydrogens is 462 g/mol. The summed E-state index contributed by atoms with van der Waals surface area (Å²) >= 11 is 1.44. The van der Waals surface area contributed by atoms with Crippen LogP contribution in [0.15, 0.2) is 64.8 Å². The first-order valence-corrected chi connectivity index (χ1v) is 12.5. The van der Waals surface area contributed by atoms with Crippen molar-refractivity contribution in [3.63, 3.8) is 0 Å². The molecule has 2 aromatic carbocycles. The Hall–Kier alpha value is -3.04. The third-order valence-corrected chi connectivity index (χ3v) is 6.48. The number of hydrogen-bond donors (Lipinski definition) is 2. The number of fused-ring (bicyclic) bond motifs is 1. The first-order valence-electron chi connectivity index (χ1n) is 11.6. The topological polar surface area (TPSA) is 87.7 Å². The number of thiophene rings is 1. The highest BCUT2D eigenvalue weighted by Gasteiger charge is 2.19. The van der Waals surface area contributed by atoms with Gasteiger partial charge >= 0.3 is 0 Å². The Morgan fingerprint density at radius 1 is 1.06 bits per heavy atom. The molecule has 0 saturated heterocycles. The molecule has 184 valence electrons. The number of para-hydroxylation sites is 1. The lowest BCUT2D eigenvalue weighted by atomic mass is 10.1. The van der Waals surface area contributed by atoms with Crippen LogP contribution >= 0.6 is 11.3 Å². The third kappa shape index (κ3) is 6.35. The molecule has 35 heavy (non-hydrogen) atoms. The predicted octanol–water partition coefficient (Wildman–Crippen LogP) is 4.45. The Morgan fingerprint density at radius 3 is 2.54 bits per heavy atom. The van der Waals surface area contributed by atoms with Crippen LogP contribution in [0.2, 0.25) is 0 Å². The maximum Gasteiger partial charge on any atom is 0.260 e. The molecule has 0 fully saturated rings. The standard InChI is InChI=1S/C27H31N3O4S/c1-18(2)34-16-20(31)14-30(13-19-9-5-4-6-10-19)15-24-28-26(32)25-22(17-35-27(25)29-24)21-11-7-8-12-23(21)33-3/h4-12,17-18,20,31H,13-16H2,1-3H3,(H,28,29,32)/t20-/m0/s1. The molecule has 0 amide bonds. The van der Waals surface area contributed by atoms with Gasteiger partial charge in [-0.2, -0.15) is 0 Å². The average Bonchev–Trinajstić information content (AvgIpc) is 3.27. The van der Waals surface area contributed by atoms with E-state index in [-0.39, 0.29) is 18.3 Å². The largest absolute Gasteiger partial charge is 0.496 e. The van der Waals surface area contributed by atoms with E-state index in [9.17, 15) is 9.90 Å². The highest BCUT2D eigenvalue weighted by Crippen LogP contribution is 2.36. The molecule has 2 N–H and O–H groups in total. The quantitative estimate of drug-likeness (QED) is 0.321. The Kier molecular flexibility index (Phi) is 8.30. The molecule has 1 atom stereocenters. The molecule has 0 aliphatic carbocycles. The Balaban J connectivity index is 1.61. The number of aromatic amines is 1. The fourth-order valence-electron chi connectivity index (χ4n) is 4.03. The summed E-state index contributed by atoms with van der Waals surface area (Å²) < 4.78 is 11.1. The van der Waals surface area contributed by atoms with Crippen molar-refractivity contribution < 1.29 is 14.6 Å². The van der Waals surface area contributed by atoms with Gasteiger partial charge in [-0.25, -0.2) is 4.98 Å². The van der Waals surface area contributed by atoms with Gasteiger partial charge in [0.2, 0.25) is 0 Å². The molecule has 8 heteroatoms. The van der Waals surface area contributed by atoms with Crippen molar-refractivity contribution in [2.75, 3.05) is 20.3 Å². The SMILES string of the molecule is COc1ccccc1-c1csc2nc(CN(Cc3ccccc3)C[C@H](O)COC(C)C)[nH]c(=O)c12. The maximum absolute atomic E-state index is 13.2. The van der Waals surface area contributed by atoms with Gasteiger partial charge in [0.15, 0.2) is 0 Å². The monoisotopic (exact) mass is 493 g/mol. The molecule has 0 aliphatic heterocycles. The Labute approximate surface area is 209 Å². The van der Waals surface area contributed by atoms with E-state index in [0.717, 1.165) is 16.7 Å². The lowest BCUT2D eigenvalue weighted by Crippen LogP contribution is -2.35. The van der Waals surface area contributed by atoms with Crippen molar-refractivity contribution in [2.45, 2.75) is 39.1 Å². The van der Waals surface area contributed by atoms with Gasteiger partial charge in [0, 0.05) is 29.6 Å². The number of benzene rings is 2. The second-order valence-corrected chi connectivity index (χ2v) is 9.59. The lowest BCUT2D eigenvalue weighted by Gasteiger charge is -2.25. The zero-order chi connectivity index (χ0) is 24.8. The molecule has 2 aromatic heterocycles. The Morgan fingerprint density at radius 2 is 1.80 bits per heavy atom. The van der Waals surface area contributed by atoms with Crippen LogP contribution in [0.25, 0.3) is 21.3 Å². The van der Waals surface area contributed by atoms with Crippen molar-refractivity contribution in [3.8, 4) is 16.9 Å². The lowest BCUT2D eigenvalue weighted by molar-refractivity contribution is -0.0109. The summed E-state index contributed by atoms with van der Waals surface area (Å²) in [7, 11) is 1.62. The minimum atomic E-state index is -0.657. The van der Waals surface area contributed by atoms with E-state index in [1.54, 1.807) is 7.11 Å². The van der Waals surface area contributed by atoms with Crippen LogP contribution in [0.5, 0.6) is 5.75 Å². The first kappa shape index (κ1) is 25.1. The van der Waals surface area contributed by atoms with Gasteiger partial charge in [-0.05, 0) is 25.5 Å². The highest BCUT2D eigenvalue weighted by molar-refractivity contribution is 7.17. The molecule has 7 nitrogen and oxygen atoms in total. The number of hydrogen-bond acceptors (Lipinski definition) is 7. The zero-order valence-corrected chi connectivity index (χ0v) is 21.0. The van der Waals surface area contributed by atoms with Crippen molar-refractivity contribution in [1.82, 2.24) is 14.9 Å². The number of H-pyrrole nitrogens is 1. The Bertz CT molecular complexity index is 1300. The molecule has 2 heterocycles. The third-order valence-electron chi connectivity index (χ3n) is 5.60. The van der Waals surface area contributed by atoms with E-state index in [4.69, 9.17) is 14.5 Å². The summed E-state index contributed by atoms with van der Waals surface area (Å²) in [6.45, 7) is 5.52. The highest BCUT2D eigenvalue weighted by atomic mass is 32.1. The molecule has 0 saturated carbocycles. The number of aromatic nitrogens is 2. The molecule has 0 radical (unpaired) electrons. The fraction of sp³-hybridized carbons (Fsp3) is 0.333. The first-order chi connectivity index (χ1) is 16.9. The average molecular weight is 494 g/mol. The zero-order valence-electron chi connectivity index (χ0n) is 20.2. The number of methoxy groups -OCH3 is 1. The van der Waals surface area contributed by atoms with Crippen LogP contribution in [-0.4, -0.2) is 52.4 Å². The molecule has 4 aromatic rings. The van der Waals surface area contributed by atoms with E-state index >= 15 is 0 Å². The number of aliphatic hydroxyl groups is 1. The van der Waals surface area contributed by atoms with E-state index in [2.05, 4.69) is 9.88 Å². The number of nitrogens with zero attached hydrogens (tertiary/aromatic N) is 2. The van der Waals surface area contributed by atoms with Crippen LogP contribution < -0.4 is 10.3 Å². The fourth-order valence-corrected chi connectivity index (χ4v) is 4.98. The van der Waals surface area contributed by atoms with E-state index < -0.39 is 6.10 Å². The summed E-state index contributed by atoms with van der Waals surface area (Å²) in [5.74, 6) is 1.27. The van der Waals surface area contributed by atoms with Gasteiger partial charge in [-0.3, -0.25) is 9.69 Å². The molecule has 0 spiro atoms. The van der Waals surface area contributed by atoms with Crippen molar-refractivity contribution in [1.29, 1.82) is 0 Å². The molecular formula is C27H31N3O4S. The van der Waals surface area contributed by atoms with E-state index in [1.165, 1.54) is 11.3 Å². The van der Waals surface area contributed by atoms with Crippen LogP contribution in [0.3, 0.4) is 0 Å². The number of aliphatic hydroxyl groups excluding tert-OH is 1. The minimum absolute atomic E-state index is 0.0453. The van der Waals surface area contributed by atoms with Crippen LogP contribution in [-0.2, 0) is 17.8 Å². The number of rotatable bonds is 11. The van der Waals surface area contributed by atoms with Gasteiger partial charge < -0.3 is 19.6 Å². The predicted molar refractivity (Wildman–Crippen MR) is 140 cm³/mol. The molecule has 4 rings (SSSR count).